The maximum absolute atomic E-state index is 12.4. The topological polar surface area (TPSA) is 71.1 Å². The number of hydrogen-bond donors (Lipinski definition) is 1. The number of pyridine rings is 1. The number of rotatable bonds is 4. The van der Waals surface area contributed by atoms with E-state index in [0.29, 0.717) is 5.92 Å². The number of nitrogens with zero attached hydrogens (tertiary/aromatic N) is 3. The summed E-state index contributed by atoms with van der Waals surface area (Å²) in [6, 6.07) is 3.95. The van der Waals surface area contributed by atoms with Crippen LogP contribution in [0.4, 0.5) is 0 Å². The van der Waals surface area contributed by atoms with Gasteiger partial charge in [-0.1, -0.05) is 6.42 Å². The Morgan fingerprint density at radius 3 is 3.21 bits per heavy atom. The Kier molecular flexibility index (Phi) is 3.84. The highest BCUT2D eigenvalue weighted by atomic mass is 16.5. The van der Waals surface area contributed by atoms with E-state index in [1.807, 2.05) is 24.5 Å². The minimum absolute atomic E-state index is 0.0350. The van der Waals surface area contributed by atoms with Gasteiger partial charge in [0.25, 0.3) is 0 Å². The Balaban J connectivity index is 1.54. The van der Waals surface area contributed by atoms with Gasteiger partial charge in [-0.25, -0.2) is 0 Å². The van der Waals surface area contributed by atoms with Crippen molar-refractivity contribution in [2.45, 2.75) is 25.8 Å². The number of likely N-dealkylation sites (tertiary alicyclic amines) is 1. The lowest BCUT2D eigenvalue weighted by Crippen LogP contribution is -2.36. The van der Waals surface area contributed by atoms with Gasteiger partial charge in [-0.3, -0.25) is 19.8 Å². The molecule has 1 saturated carbocycles. The molecule has 0 spiro atoms. The van der Waals surface area contributed by atoms with Crippen LogP contribution in [0.2, 0.25) is 0 Å². The third-order valence-electron chi connectivity index (χ3n) is 5.60. The summed E-state index contributed by atoms with van der Waals surface area (Å²) in [5.41, 5.74) is 2.88. The number of hydrogen-bond acceptors (Lipinski definition) is 5. The summed E-state index contributed by atoms with van der Waals surface area (Å²) in [4.78, 5) is 18.9. The number of fused-ring (bicyclic) bond motifs is 1. The average molecular weight is 326 g/mol. The quantitative estimate of drug-likeness (QED) is 0.873. The van der Waals surface area contributed by atoms with Crippen LogP contribution >= 0.6 is 0 Å². The monoisotopic (exact) mass is 326 g/mol. The Morgan fingerprint density at radius 2 is 2.42 bits per heavy atom. The molecule has 0 amide bonds. The molecule has 2 unspecified atom stereocenters. The summed E-state index contributed by atoms with van der Waals surface area (Å²) in [6.07, 6.45) is 8.67. The number of H-pyrrole nitrogens is 1. The highest BCUT2D eigenvalue weighted by molar-refractivity contribution is 5.78. The van der Waals surface area contributed by atoms with Gasteiger partial charge in [0, 0.05) is 43.2 Å². The van der Waals surface area contributed by atoms with E-state index < -0.39 is 0 Å². The first-order chi connectivity index (χ1) is 11.7. The molecule has 1 saturated heterocycles. The number of ether oxygens (including phenoxy) is 1. The third kappa shape index (κ3) is 2.41. The van der Waals surface area contributed by atoms with Crippen LogP contribution in [-0.4, -0.2) is 46.2 Å². The highest BCUT2D eigenvalue weighted by Crippen LogP contribution is 2.49. The SMILES string of the molecule is COC(=O)C12CCCC1CN(Cc1cn[nH]c1-c1cccnc1)C2. The second-order valence-electron chi connectivity index (χ2n) is 6.92. The normalized spacial score (nSPS) is 26.5. The van der Waals surface area contributed by atoms with Crippen LogP contribution in [0.25, 0.3) is 11.3 Å². The van der Waals surface area contributed by atoms with Gasteiger partial charge in [0.15, 0.2) is 0 Å². The fourth-order valence-electron chi connectivity index (χ4n) is 4.48. The molecule has 2 atom stereocenters. The summed E-state index contributed by atoms with van der Waals surface area (Å²) in [6.45, 7) is 2.52. The highest BCUT2D eigenvalue weighted by Gasteiger charge is 2.55. The summed E-state index contributed by atoms with van der Waals surface area (Å²) in [5, 5.41) is 7.29. The predicted octanol–water partition coefficient (Wildman–Crippen LogP) is 2.25. The Hall–Kier alpha value is -2.21. The van der Waals surface area contributed by atoms with Crippen LogP contribution in [0.5, 0.6) is 0 Å². The minimum Gasteiger partial charge on any atom is -0.469 e. The van der Waals surface area contributed by atoms with Crippen molar-refractivity contribution in [3.63, 3.8) is 0 Å². The van der Waals surface area contributed by atoms with Gasteiger partial charge in [0.1, 0.15) is 0 Å². The Bertz CT molecular complexity index is 730. The lowest BCUT2D eigenvalue weighted by Gasteiger charge is -2.25. The van der Waals surface area contributed by atoms with Gasteiger partial charge in [-0.2, -0.15) is 5.10 Å². The molecule has 0 aromatic carbocycles. The second-order valence-corrected chi connectivity index (χ2v) is 6.92. The summed E-state index contributed by atoms with van der Waals surface area (Å²) < 4.78 is 5.12. The van der Waals surface area contributed by atoms with Crippen molar-refractivity contribution in [3.8, 4) is 11.3 Å². The average Bonchev–Trinajstić information content (AvgIpc) is 3.29. The molecule has 1 aliphatic heterocycles. The van der Waals surface area contributed by atoms with E-state index in [0.717, 1.165) is 55.7 Å². The zero-order chi connectivity index (χ0) is 16.6. The fourth-order valence-corrected chi connectivity index (χ4v) is 4.48. The van der Waals surface area contributed by atoms with Crippen molar-refractivity contribution in [2.75, 3.05) is 20.2 Å². The molecule has 1 aliphatic carbocycles. The van der Waals surface area contributed by atoms with E-state index in [4.69, 9.17) is 4.74 Å². The van der Waals surface area contributed by atoms with Gasteiger partial charge in [-0.15, -0.1) is 0 Å². The third-order valence-corrected chi connectivity index (χ3v) is 5.60. The van der Waals surface area contributed by atoms with Crippen molar-refractivity contribution < 1.29 is 9.53 Å². The van der Waals surface area contributed by atoms with Crippen LogP contribution in [0, 0.1) is 11.3 Å². The van der Waals surface area contributed by atoms with Crippen molar-refractivity contribution in [1.29, 1.82) is 0 Å². The maximum Gasteiger partial charge on any atom is 0.313 e. The molecule has 6 nitrogen and oxygen atoms in total. The van der Waals surface area contributed by atoms with Gasteiger partial charge in [0.05, 0.1) is 24.4 Å². The Morgan fingerprint density at radius 1 is 1.50 bits per heavy atom. The molecule has 0 radical (unpaired) electrons. The first-order valence-electron chi connectivity index (χ1n) is 8.46. The lowest BCUT2D eigenvalue weighted by atomic mass is 9.81. The molecular weight excluding hydrogens is 304 g/mol. The van der Waals surface area contributed by atoms with Gasteiger partial charge in [0.2, 0.25) is 0 Å². The van der Waals surface area contributed by atoms with Crippen molar-refractivity contribution in [1.82, 2.24) is 20.1 Å². The molecule has 24 heavy (non-hydrogen) atoms. The van der Waals surface area contributed by atoms with Crippen LogP contribution in [-0.2, 0) is 16.1 Å². The molecule has 3 heterocycles. The second kappa shape index (κ2) is 6.02. The lowest BCUT2D eigenvalue weighted by molar-refractivity contribution is -0.153. The van der Waals surface area contributed by atoms with E-state index in [9.17, 15) is 4.79 Å². The number of methoxy groups -OCH3 is 1. The largest absolute Gasteiger partial charge is 0.469 e. The zero-order valence-corrected chi connectivity index (χ0v) is 13.9. The van der Waals surface area contributed by atoms with Crippen molar-refractivity contribution >= 4 is 5.97 Å². The van der Waals surface area contributed by atoms with E-state index in [1.54, 1.807) is 6.20 Å². The van der Waals surface area contributed by atoms with E-state index in [2.05, 4.69) is 20.1 Å². The van der Waals surface area contributed by atoms with Gasteiger partial charge >= 0.3 is 5.97 Å². The number of carbonyl (C=O) groups excluding carboxylic acids is 1. The van der Waals surface area contributed by atoms with Crippen LogP contribution in [0.15, 0.2) is 30.7 Å². The first-order valence-corrected chi connectivity index (χ1v) is 8.46. The zero-order valence-electron chi connectivity index (χ0n) is 13.9. The molecule has 6 heteroatoms. The maximum atomic E-state index is 12.4. The number of aromatic nitrogens is 3. The van der Waals surface area contributed by atoms with Gasteiger partial charge < -0.3 is 4.74 Å². The van der Waals surface area contributed by atoms with Crippen molar-refractivity contribution in [3.05, 3.63) is 36.3 Å². The number of aromatic amines is 1. The first kappa shape index (κ1) is 15.3. The Labute approximate surface area is 141 Å². The van der Waals surface area contributed by atoms with E-state index in [1.165, 1.54) is 7.11 Å². The standard InChI is InChI=1S/C18H22N4O2/c1-24-17(23)18-6-2-5-15(18)11-22(12-18)10-14-9-20-21-16(14)13-4-3-7-19-8-13/h3-4,7-9,15H,2,5-6,10-12H2,1H3,(H,20,21). The summed E-state index contributed by atoms with van der Waals surface area (Å²) in [7, 11) is 1.51. The number of nitrogens with one attached hydrogen (secondary N) is 1. The smallest absolute Gasteiger partial charge is 0.313 e. The van der Waals surface area contributed by atoms with E-state index in [-0.39, 0.29) is 11.4 Å². The van der Waals surface area contributed by atoms with Crippen LogP contribution in [0.3, 0.4) is 0 Å². The molecule has 126 valence electrons. The number of esters is 1. The summed E-state index contributed by atoms with van der Waals surface area (Å²) in [5.74, 6) is 0.380. The predicted molar refractivity (Wildman–Crippen MR) is 88.9 cm³/mol. The van der Waals surface area contributed by atoms with E-state index >= 15 is 0 Å². The summed E-state index contributed by atoms with van der Waals surface area (Å²) >= 11 is 0. The minimum atomic E-state index is -0.299. The molecule has 1 N–H and O–H groups in total. The molecule has 4 rings (SSSR count). The molecule has 2 aliphatic rings. The fraction of sp³-hybridized carbons (Fsp3) is 0.500. The molecule has 2 aromatic heterocycles. The van der Waals surface area contributed by atoms with Crippen LogP contribution < -0.4 is 0 Å². The van der Waals surface area contributed by atoms with Crippen molar-refractivity contribution in [2.24, 2.45) is 11.3 Å². The van der Waals surface area contributed by atoms with Gasteiger partial charge in [-0.05, 0) is 30.9 Å². The number of carbonyl (C=O) groups is 1. The molecule has 2 aromatic rings. The molecular formula is C18H22N4O2. The molecule has 2 fully saturated rings. The van der Waals surface area contributed by atoms with Crippen LogP contribution in [0.1, 0.15) is 24.8 Å². The molecule has 0 bridgehead atoms.